The van der Waals surface area contributed by atoms with Crippen LogP contribution in [0.5, 0.6) is 0 Å². The van der Waals surface area contributed by atoms with Crippen molar-refractivity contribution in [3.05, 3.63) is 82.3 Å². The van der Waals surface area contributed by atoms with Gasteiger partial charge in [0.15, 0.2) is 0 Å². The van der Waals surface area contributed by atoms with Gasteiger partial charge in [-0.05, 0) is 50.5 Å². The summed E-state index contributed by atoms with van der Waals surface area (Å²) in [5.41, 5.74) is 2.48. The predicted molar refractivity (Wildman–Crippen MR) is 159 cm³/mol. The molecule has 206 valence electrons. The summed E-state index contributed by atoms with van der Waals surface area (Å²) in [5, 5.41) is 8.24. The largest absolute Gasteiger partial charge is 0.347 e. The van der Waals surface area contributed by atoms with E-state index in [2.05, 4.69) is 28.9 Å². The van der Waals surface area contributed by atoms with Crippen molar-refractivity contribution in [2.45, 2.75) is 59.4 Å². The number of alkyl halides is 1. The smallest absolute Gasteiger partial charge is 0.247 e. The molecule has 2 heterocycles. The Balaban J connectivity index is 2.41. The van der Waals surface area contributed by atoms with Crippen LogP contribution in [-0.2, 0) is 4.79 Å². The first-order valence-corrected chi connectivity index (χ1v) is 14.0. The van der Waals surface area contributed by atoms with Crippen molar-refractivity contribution in [1.29, 1.82) is 0 Å². The van der Waals surface area contributed by atoms with Gasteiger partial charge >= 0.3 is 0 Å². The highest BCUT2D eigenvalue weighted by Crippen LogP contribution is 2.34. The molecule has 38 heavy (non-hydrogen) atoms. The number of unbranched alkanes of at least 4 members (excludes halogenated alkanes) is 1. The van der Waals surface area contributed by atoms with Gasteiger partial charge in [0, 0.05) is 34.7 Å². The lowest BCUT2D eigenvalue weighted by molar-refractivity contribution is -0.118. The van der Waals surface area contributed by atoms with Gasteiger partial charge in [0.1, 0.15) is 11.5 Å². The SMILES string of the molecule is C=C/C=C\C=C(\C(=O)NC1CC2=C(C(/C=C\CCCF)=N/F)CN=C(/C(=C\C)S/C=C\C)N2C1)C(C)CC. The van der Waals surface area contributed by atoms with Crippen LogP contribution in [0.4, 0.5) is 8.87 Å². The first-order valence-electron chi connectivity index (χ1n) is 13.2. The van der Waals surface area contributed by atoms with Gasteiger partial charge in [-0.3, -0.25) is 14.2 Å². The molecule has 1 fully saturated rings. The Morgan fingerprint density at radius 2 is 2.16 bits per heavy atom. The van der Waals surface area contributed by atoms with Gasteiger partial charge in [-0.15, -0.1) is 0 Å². The summed E-state index contributed by atoms with van der Waals surface area (Å²) in [7, 11) is 0. The summed E-state index contributed by atoms with van der Waals surface area (Å²) in [6.07, 6.45) is 16.7. The molecule has 0 radical (unpaired) electrons. The minimum Gasteiger partial charge on any atom is -0.347 e. The lowest BCUT2D eigenvalue weighted by Crippen LogP contribution is -2.40. The minimum absolute atomic E-state index is 0.0898. The number of thioether (sulfide) groups is 1. The Morgan fingerprint density at radius 3 is 2.79 bits per heavy atom. The number of carbonyl (C=O) groups is 1. The standard InChI is InChI=1S/C30H40F2N4OS/c1-6-10-12-15-24(22(5)8-3)30(37)34-23-19-27-25(26(35-32)16-13-11-14-17-31)20-33-29(36(27)21-23)28(9-4)38-18-7-2/h6-7,9-10,12-13,15-16,18,22-23H,1,8,11,14,17,19-21H2,2-5H3,(H,34,37)/b12-10-,16-13-,18-7-,24-15+,28-9+,35-26+. The Morgan fingerprint density at radius 1 is 1.37 bits per heavy atom. The second kappa shape index (κ2) is 16.8. The molecule has 2 rings (SSSR count). The molecule has 0 saturated carbocycles. The molecule has 0 aromatic heterocycles. The molecule has 0 aliphatic carbocycles. The molecular weight excluding hydrogens is 502 g/mol. The van der Waals surface area contributed by atoms with E-state index in [1.165, 1.54) is 0 Å². The van der Waals surface area contributed by atoms with Crippen molar-refractivity contribution in [3.8, 4) is 0 Å². The van der Waals surface area contributed by atoms with Crippen LogP contribution in [0.1, 0.15) is 53.4 Å². The minimum atomic E-state index is -0.421. The molecule has 2 unspecified atom stereocenters. The van der Waals surface area contributed by atoms with Gasteiger partial charge < -0.3 is 10.2 Å². The maximum atomic E-state index is 13.8. The number of nitrogens with zero attached hydrogens (tertiary/aromatic N) is 3. The Bertz CT molecular complexity index is 1080. The van der Waals surface area contributed by atoms with Crippen molar-refractivity contribution in [2.24, 2.45) is 16.1 Å². The number of nitrogens with one attached hydrogen (secondary N) is 1. The van der Waals surface area contributed by atoms with Crippen LogP contribution < -0.4 is 5.32 Å². The number of amidine groups is 1. The van der Waals surface area contributed by atoms with Crippen LogP contribution >= 0.6 is 11.8 Å². The third-order valence-electron chi connectivity index (χ3n) is 6.42. The Kier molecular flexibility index (Phi) is 13.8. The van der Waals surface area contributed by atoms with Gasteiger partial charge in [0.2, 0.25) is 5.91 Å². The van der Waals surface area contributed by atoms with Crippen molar-refractivity contribution < 1.29 is 13.7 Å². The van der Waals surface area contributed by atoms with Gasteiger partial charge in [0.05, 0.1) is 19.3 Å². The number of rotatable bonds is 14. The number of aliphatic imine (C=N–C) groups is 1. The van der Waals surface area contributed by atoms with E-state index in [0.29, 0.717) is 37.0 Å². The number of fused-ring (bicyclic) bond motifs is 1. The van der Waals surface area contributed by atoms with Crippen LogP contribution in [0.3, 0.4) is 0 Å². The van der Waals surface area contributed by atoms with Crippen molar-refractivity contribution in [3.63, 3.8) is 0 Å². The third-order valence-corrected chi connectivity index (χ3v) is 7.50. The highest BCUT2D eigenvalue weighted by Gasteiger charge is 2.37. The molecule has 1 N–H and O–H groups in total. The maximum Gasteiger partial charge on any atom is 0.247 e. The molecular formula is C30H40F2N4OS. The average Bonchev–Trinajstić information content (AvgIpc) is 3.35. The second-order valence-corrected chi connectivity index (χ2v) is 9.99. The van der Waals surface area contributed by atoms with Crippen LogP contribution in [0.2, 0.25) is 0 Å². The van der Waals surface area contributed by atoms with Crippen LogP contribution in [0.15, 0.2) is 92.6 Å². The normalized spacial score (nSPS) is 20.1. The molecule has 0 spiro atoms. The number of hydrogen-bond acceptors (Lipinski definition) is 5. The summed E-state index contributed by atoms with van der Waals surface area (Å²) < 4.78 is 26.3. The number of carbonyl (C=O) groups excluding carboxylic acids is 1. The molecule has 1 saturated heterocycles. The fraction of sp³-hybridized carbons (Fsp3) is 0.433. The first kappa shape index (κ1) is 31.2. The van der Waals surface area contributed by atoms with Crippen LogP contribution in [0, 0.1) is 5.92 Å². The topological polar surface area (TPSA) is 57.1 Å². The highest BCUT2D eigenvalue weighted by atomic mass is 32.2. The number of hydrogen-bond donors (Lipinski definition) is 1. The average molecular weight is 543 g/mol. The lowest BCUT2D eigenvalue weighted by atomic mass is 9.96. The fourth-order valence-corrected chi connectivity index (χ4v) is 4.96. The molecule has 1 amide bonds. The van der Waals surface area contributed by atoms with E-state index < -0.39 is 6.67 Å². The van der Waals surface area contributed by atoms with E-state index in [-0.39, 0.29) is 30.1 Å². The van der Waals surface area contributed by atoms with E-state index in [0.717, 1.165) is 22.9 Å². The molecule has 2 atom stereocenters. The van der Waals surface area contributed by atoms with Gasteiger partial charge in [-0.25, -0.2) is 0 Å². The van der Waals surface area contributed by atoms with Gasteiger partial charge in [-0.2, -0.15) is 0 Å². The predicted octanol–water partition coefficient (Wildman–Crippen LogP) is 7.36. The summed E-state index contributed by atoms with van der Waals surface area (Å²) in [6.45, 7) is 12.1. The van der Waals surface area contributed by atoms with E-state index in [9.17, 15) is 13.7 Å². The van der Waals surface area contributed by atoms with Crippen molar-refractivity contribution in [2.75, 3.05) is 19.8 Å². The Labute approximate surface area is 230 Å². The van der Waals surface area contributed by atoms with E-state index in [1.54, 1.807) is 36.1 Å². The Hall–Kier alpha value is -3.00. The van der Waals surface area contributed by atoms with E-state index in [1.807, 2.05) is 50.5 Å². The molecule has 5 nitrogen and oxygen atoms in total. The highest BCUT2D eigenvalue weighted by molar-refractivity contribution is 8.06. The number of allylic oxidation sites excluding steroid dienone is 8. The molecule has 2 aliphatic heterocycles. The quantitative estimate of drug-likeness (QED) is 0.108. The molecule has 2 aliphatic rings. The fourth-order valence-electron chi connectivity index (χ4n) is 4.26. The van der Waals surface area contributed by atoms with Crippen molar-refractivity contribution >= 4 is 29.2 Å². The summed E-state index contributed by atoms with van der Waals surface area (Å²) >= 11 is 1.57. The van der Waals surface area contributed by atoms with Gasteiger partial charge in [-0.1, -0.05) is 84.4 Å². The molecule has 0 bridgehead atoms. The first-order chi connectivity index (χ1) is 18.4. The summed E-state index contributed by atoms with van der Waals surface area (Å²) in [5.74, 6) is 0.780. The molecule has 8 heteroatoms. The van der Waals surface area contributed by atoms with Crippen molar-refractivity contribution in [1.82, 2.24) is 10.2 Å². The molecule has 0 aromatic carbocycles. The van der Waals surface area contributed by atoms with Gasteiger partial charge in [0.25, 0.3) is 0 Å². The molecule has 0 aromatic rings. The van der Waals surface area contributed by atoms with E-state index in [4.69, 9.17) is 4.99 Å². The number of halogens is 2. The zero-order valence-electron chi connectivity index (χ0n) is 22.9. The van der Waals surface area contributed by atoms with Crippen LogP contribution in [0.25, 0.3) is 0 Å². The summed E-state index contributed by atoms with van der Waals surface area (Å²) in [6, 6.07) is -0.187. The zero-order chi connectivity index (χ0) is 27.9. The van der Waals surface area contributed by atoms with Crippen LogP contribution in [-0.4, -0.2) is 48.2 Å². The van der Waals surface area contributed by atoms with E-state index >= 15 is 0 Å². The summed E-state index contributed by atoms with van der Waals surface area (Å²) in [4.78, 5) is 21.2. The second-order valence-electron chi connectivity index (χ2n) is 9.05. The maximum absolute atomic E-state index is 13.8. The number of amides is 1. The monoisotopic (exact) mass is 542 g/mol. The third kappa shape index (κ3) is 8.51. The lowest BCUT2D eigenvalue weighted by Gasteiger charge is -2.29. The zero-order valence-corrected chi connectivity index (χ0v) is 23.7.